The second-order valence-electron chi connectivity index (χ2n) is 5.07. The van der Waals surface area contributed by atoms with Crippen molar-refractivity contribution in [2.24, 2.45) is 0 Å². The Morgan fingerprint density at radius 1 is 1.38 bits per heavy atom. The Bertz CT molecular complexity index is 388. The van der Waals surface area contributed by atoms with Gasteiger partial charge >= 0.3 is 0 Å². The highest BCUT2D eigenvalue weighted by Gasteiger charge is 2.27. The number of nitrogens with two attached hydrogens (primary N) is 1. The molecule has 0 bridgehead atoms. The zero-order chi connectivity index (χ0) is 11.8. The quantitative estimate of drug-likeness (QED) is 0.737. The lowest BCUT2D eigenvalue weighted by Crippen LogP contribution is -2.48. The minimum Gasteiger partial charge on any atom is -0.398 e. The summed E-state index contributed by atoms with van der Waals surface area (Å²) in [5.41, 5.74) is 9.06. The fourth-order valence-electron chi connectivity index (χ4n) is 2.06. The first kappa shape index (κ1) is 11.3. The van der Waals surface area contributed by atoms with Gasteiger partial charge in [0.05, 0.1) is 12.2 Å². The molecule has 1 aromatic carbocycles. The van der Waals surface area contributed by atoms with Gasteiger partial charge in [0.25, 0.3) is 0 Å². The van der Waals surface area contributed by atoms with Gasteiger partial charge in [-0.3, -0.25) is 0 Å². The van der Waals surface area contributed by atoms with Crippen molar-refractivity contribution in [3.8, 4) is 0 Å². The van der Waals surface area contributed by atoms with Gasteiger partial charge < -0.3 is 15.4 Å². The van der Waals surface area contributed by atoms with E-state index in [1.165, 1.54) is 5.69 Å². The normalized spacial score (nSPS) is 19.8. The number of hydrogen-bond acceptors (Lipinski definition) is 3. The molecule has 1 fully saturated rings. The summed E-state index contributed by atoms with van der Waals surface area (Å²) in [6.07, 6.45) is 0. The topological polar surface area (TPSA) is 38.5 Å². The predicted octanol–water partition coefficient (Wildman–Crippen LogP) is 2.19. The number of benzene rings is 1. The first-order valence-electron chi connectivity index (χ1n) is 5.73. The fraction of sp³-hybridized carbons (Fsp3) is 0.538. The molecule has 0 amide bonds. The Kier molecular flexibility index (Phi) is 2.80. The molecule has 1 aromatic rings. The van der Waals surface area contributed by atoms with Crippen molar-refractivity contribution >= 4 is 11.4 Å². The van der Waals surface area contributed by atoms with Crippen LogP contribution in [-0.2, 0) is 4.74 Å². The molecule has 0 saturated carbocycles. The first-order valence-corrected chi connectivity index (χ1v) is 5.73. The average Bonchev–Trinajstić information content (AvgIpc) is 2.20. The second kappa shape index (κ2) is 3.98. The molecule has 1 heterocycles. The highest BCUT2D eigenvalue weighted by Crippen LogP contribution is 2.25. The zero-order valence-corrected chi connectivity index (χ0v) is 10.3. The summed E-state index contributed by atoms with van der Waals surface area (Å²) in [6, 6.07) is 6.26. The van der Waals surface area contributed by atoms with Gasteiger partial charge in [0.2, 0.25) is 0 Å². The van der Waals surface area contributed by atoms with Crippen LogP contribution in [0.25, 0.3) is 0 Å². The molecule has 0 unspecified atom stereocenters. The summed E-state index contributed by atoms with van der Waals surface area (Å²) in [4.78, 5) is 2.33. The van der Waals surface area contributed by atoms with Gasteiger partial charge in [-0.2, -0.15) is 0 Å². The average molecular weight is 220 g/mol. The molecule has 3 nitrogen and oxygen atoms in total. The fourth-order valence-corrected chi connectivity index (χ4v) is 2.06. The van der Waals surface area contributed by atoms with Gasteiger partial charge in [-0.15, -0.1) is 0 Å². The Morgan fingerprint density at radius 3 is 2.75 bits per heavy atom. The van der Waals surface area contributed by atoms with Gasteiger partial charge in [0.1, 0.15) is 0 Å². The largest absolute Gasteiger partial charge is 0.398 e. The number of aryl methyl sites for hydroxylation is 1. The van der Waals surface area contributed by atoms with Crippen molar-refractivity contribution in [1.29, 1.82) is 0 Å². The van der Waals surface area contributed by atoms with Crippen molar-refractivity contribution in [1.82, 2.24) is 0 Å². The van der Waals surface area contributed by atoms with E-state index in [1.807, 2.05) is 6.92 Å². The molecule has 2 rings (SSSR count). The van der Waals surface area contributed by atoms with E-state index < -0.39 is 0 Å². The third kappa shape index (κ3) is 2.30. The number of morpholine rings is 1. The Morgan fingerprint density at radius 2 is 2.12 bits per heavy atom. The van der Waals surface area contributed by atoms with Crippen molar-refractivity contribution in [2.75, 3.05) is 30.3 Å². The van der Waals surface area contributed by atoms with Crippen molar-refractivity contribution in [2.45, 2.75) is 26.4 Å². The first-order chi connectivity index (χ1) is 7.48. The molecule has 0 aromatic heterocycles. The van der Waals surface area contributed by atoms with Crippen LogP contribution in [0.4, 0.5) is 11.4 Å². The third-order valence-electron chi connectivity index (χ3n) is 3.05. The molecule has 0 radical (unpaired) electrons. The summed E-state index contributed by atoms with van der Waals surface area (Å²) < 4.78 is 5.70. The molecule has 88 valence electrons. The molecule has 1 aliphatic heterocycles. The number of anilines is 2. The monoisotopic (exact) mass is 220 g/mol. The van der Waals surface area contributed by atoms with Gasteiger partial charge in [0.15, 0.2) is 0 Å². The van der Waals surface area contributed by atoms with Crippen molar-refractivity contribution in [3.05, 3.63) is 23.8 Å². The van der Waals surface area contributed by atoms with Gasteiger partial charge in [0, 0.05) is 24.5 Å². The molecule has 3 heteroatoms. The lowest BCUT2D eigenvalue weighted by Gasteiger charge is -2.39. The molecule has 1 saturated heterocycles. The SMILES string of the molecule is Cc1ccc(N2CCOC(C)(C)C2)cc1N. The van der Waals surface area contributed by atoms with Crippen LogP contribution in [0, 0.1) is 6.92 Å². The van der Waals surface area contributed by atoms with Gasteiger partial charge in [-0.05, 0) is 38.5 Å². The van der Waals surface area contributed by atoms with E-state index in [0.29, 0.717) is 0 Å². The highest BCUT2D eigenvalue weighted by atomic mass is 16.5. The lowest BCUT2D eigenvalue weighted by atomic mass is 10.1. The van der Waals surface area contributed by atoms with Crippen LogP contribution < -0.4 is 10.6 Å². The van der Waals surface area contributed by atoms with Crippen LogP contribution in [0.5, 0.6) is 0 Å². The predicted molar refractivity (Wildman–Crippen MR) is 67.8 cm³/mol. The van der Waals surface area contributed by atoms with Crippen LogP contribution in [0.15, 0.2) is 18.2 Å². The number of rotatable bonds is 1. The summed E-state index contributed by atoms with van der Waals surface area (Å²) >= 11 is 0. The van der Waals surface area contributed by atoms with Crippen LogP contribution >= 0.6 is 0 Å². The standard InChI is InChI=1S/C13H20N2O/c1-10-4-5-11(8-12(10)14)15-6-7-16-13(2,3)9-15/h4-5,8H,6-7,9,14H2,1-3H3. The van der Waals surface area contributed by atoms with E-state index in [2.05, 4.69) is 36.9 Å². The van der Waals surface area contributed by atoms with Crippen LogP contribution in [0.1, 0.15) is 19.4 Å². The van der Waals surface area contributed by atoms with Crippen LogP contribution in [0.2, 0.25) is 0 Å². The summed E-state index contributed by atoms with van der Waals surface area (Å²) in [7, 11) is 0. The minimum atomic E-state index is -0.0715. The van der Waals surface area contributed by atoms with E-state index in [4.69, 9.17) is 10.5 Å². The molecule has 0 spiro atoms. The smallest absolute Gasteiger partial charge is 0.0801 e. The Labute approximate surface area is 97.2 Å². The van der Waals surface area contributed by atoms with E-state index in [-0.39, 0.29) is 5.60 Å². The molecular formula is C13H20N2O. The van der Waals surface area contributed by atoms with E-state index in [0.717, 1.165) is 30.9 Å². The van der Waals surface area contributed by atoms with E-state index in [1.54, 1.807) is 0 Å². The number of hydrogen-bond donors (Lipinski definition) is 1. The summed E-state index contributed by atoms with van der Waals surface area (Å²) in [5.74, 6) is 0. The van der Waals surface area contributed by atoms with Crippen LogP contribution in [-0.4, -0.2) is 25.3 Å². The molecule has 1 aliphatic rings. The lowest BCUT2D eigenvalue weighted by molar-refractivity contribution is -0.0276. The maximum absolute atomic E-state index is 5.94. The number of nitrogens with zero attached hydrogens (tertiary/aromatic N) is 1. The van der Waals surface area contributed by atoms with Crippen molar-refractivity contribution in [3.63, 3.8) is 0 Å². The number of ether oxygens (including phenoxy) is 1. The maximum Gasteiger partial charge on any atom is 0.0801 e. The minimum absolute atomic E-state index is 0.0715. The molecule has 0 atom stereocenters. The van der Waals surface area contributed by atoms with Crippen molar-refractivity contribution < 1.29 is 4.74 Å². The van der Waals surface area contributed by atoms with Gasteiger partial charge in [-0.25, -0.2) is 0 Å². The Hall–Kier alpha value is -1.22. The molecule has 2 N–H and O–H groups in total. The summed E-state index contributed by atoms with van der Waals surface area (Å²) in [5, 5.41) is 0. The third-order valence-corrected chi connectivity index (χ3v) is 3.05. The number of nitrogen functional groups attached to an aromatic ring is 1. The van der Waals surface area contributed by atoms with Crippen LogP contribution in [0.3, 0.4) is 0 Å². The van der Waals surface area contributed by atoms with Gasteiger partial charge in [-0.1, -0.05) is 6.07 Å². The van der Waals surface area contributed by atoms with E-state index >= 15 is 0 Å². The van der Waals surface area contributed by atoms with E-state index in [9.17, 15) is 0 Å². The molecule has 16 heavy (non-hydrogen) atoms. The maximum atomic E-state index is 5.94. The Balaban J connectivity index is 2.20. The highest BCUT2D eigenvalue weighted by molar-refractivity contribution is 5.60. The molecular weight excluding hydrogens is 200 g/mol. The second-order valence-corrected chi connectivity index (χ2v) is 5.07. The zero-order valence-electron chi connectivity index (χ0n) is 10.3. The molecule has 0 aliphatic carbocycles. The summed E-state index contributed by atoms with van der Waals surface area (Å²) in [6.45, 7) is 8.90.